The van der Waals surface area contributed by atoms with E-state index in [4.69, 9.17) is 0 Å². The zero-order valence-corrected chi connectivity index (χ0v) is 22.0. The number of thiazole rings is 1. The van der Waals surface area contributed by atoms with E-state index in [1.807, 2.05) is 36.1 Å². The number of likely N-dealkylation sites (tertiary alicyclic amines) is 1. The zero-order chi connectivity index (χ0) is 26.6. The van der Waals surface area contributed by atoms with Crippen LogP contribution in [0.5, 0.6) is 0 Å². The van der Waals surface area contributed by atoms with Gasteiger partial charge in [-0.25, -0.2) is 19.7 Å². The molecule has 1 saturated carbocycles. The molecule has 0 atom stereocenters. The quantitative estimate of drug-likeness (QED) is 0.452. The summed E-state index contributed by atoms with van der Waals surface area (Å²) in [4.78, 5) is 54.5. The number of rotatable bonds is 8. The first-order valence-corrected chi connectivity index (χ1v) is 13.6. The molecule has 2 N–H and O–H groups in total. The minimum Gasteiger partial charge on any atom is -0.465 e. The SMILES string of the molecule is Cc1cnc(CNC(=O)Cc2ccc(-c3ncc(C(=O)N(C4CC4)C4CCN(C(=O)O)CC4)cn3)cc2)s1. The lowest BCUT2D eigenvalue weighted by atomic mass is 10.0. The van der Waals surface area contributed by atoms with Crippen molar-refractivity contribution in [3.63, 3.8) is 0 Å². The van der Waals surface area contributed by atoms with Crippen LogP contribution in [0.4, 0.5) is 4.79 Å². The Morgan fingerprint density at radius 2 is 1.66 bits per heavy atom. The number of piperidine rings is 1. The Balaban J connectivity index is 1.18. The summed E-state index contributed by atoms with van der Waals surface area (Å²) in [5, 5.41) is 13.0. The first kappa shape index (κ1) is 25.8. The fourth-order valence-electron chi connectivity index (χ4n) is 4.73. The van der Waals surface area contributed by atoms with Gasteiger partial charge in [-0.3, -0.25) is 9.59 Å². The highest BCUT2D eigenvalue weighted by atomic mass is 32.1. The molecule has 0 bridgehead atoms. The molecule has 10 nitrogen and oxygen atoms in total. The number of carbonyl (C=O) groups is 3. The summed E-state index contributed by atoms with van der Waals surface area (Å²) in [5.41, 5.74) is 2.11. The largest absolute Gasteiger partial charge is 0.465 e. The summed E-state index contributed by atoms with van der Waals surface area (Å²) >= 11 is 1.57. The molecule has 1 aliphatic heterocycles. The number of aryl methyl sites for hydroxylation is 1. The molecule has 5 rings (SSSR count). The van der Waals surface area contributed by atoms with Gasteiger partial charge in [-0.15, -0.1) is 11.3 Å². The van der Waals surface area contributed by atoms with Gasteiger partial charge in [-0.1, -0.05) is 24.3 Å². The predicted octanol–water partition coefficient (Wildman–Crippen LogP) is 3.51. The van der Waals surface area contributed by atoms with Crippen molar-refractivity contribution in [2.45, 2.75) is 57.7 Å². The molecule has 2 aromatic heterocycles. The fraction of sp³-hybridized carbons (Fsp3) is 0.407. The molecular weight excluding hydrogens is 504 g/mol. The lowest BCUT2D eigenvalue weighted by Gasteiger charge is -2.37. The van der Waals surface area contributed by atoms with Gasteiger partial charge in [0.05, 0.1) is 18.5 Å². The van der Waals surface area contributed by atoms with Crippen LogP contribution in [0.15, 0.2) is 42.9 Å². The number of benzene rings is 1. The maximum absolute atomic E-state index is 13.4. The molecule has 2 fully saturated rings. The normalized spacial score (nSPS) is 15.8. The van der Waals surface area contributed by atoms with Crippen molar-refractivity contribution in [3.05, 3.63) is 63.9 Å². The Kier molecular flexibility index (Phi) is 7.64. The highest BCUT2D eigenvalue weighted by Gasteiger charge is 2.39. The predicted molar refractivity (Wildman–Crippen MR) is 142 cm³/mol. The Labute approximate surface area is 224 Å². The van der Waals surface area contributed by atoms with Crippen molar-refractivity contribution >= 4 is 29.2 Å². The van der Waals surface area contributed by atoms with E-state index < -0.39 is 6.09 Å². The molecule has 3 aromatic rings. The number of carbonyl (C=O) groups excluding carboxylic acids is 2. The van der Waals surface area contributed by atoms with Crippen LogP contribution >= 0.6 is 11.3 Å². The van der Waals surface area contributed by atoms with Crippen LogP contribution in [0.1, 0.15) is 51.5 Å². The van der Waals surface area contributed by atoms with Crippen molar-refractivity contribution in [2.75, 3.05) is 13.1 Å². The first-order valence-electron chi connectivity index (χ1n) is 12.8. The average Bonchev–Trinajstić information content (AvgIpc) is 3.67. The molecule has 0 spiro atoms. The number of hydrogen-bond acceptors (Lipinski definition) is 7. The third-order valence-corrected chi connectivity index (χ3v) is 7.80. The molecule has 1 saturated heterocycles. The van der Waals surface area contributed by atoms with E-state index in [1.54, 1.807) is 29.9 Å². The van der Waals surface area contributed by atoms with Crippen molar-refractivity contribution < 1.29 is 19.5 Å². The Bertz CT molecular complexity index is 1300. The van der Waals surface area contributed by atoms with E-state index in [1.165, 1.54) is 4.90 Å². The fourth-order valence-corrected chi connectivity index (χ4v) is 5.46. The van der Waals surface area contributed by atoms with Crippen LogP contribution in [0.3, 0.4) is 0 Å². The van der Waals surface area contributed by atoms with Gasteiger partial charge in [0.1, 0.15) is 5.01 Å². The number of amides is 3. The Morgan fingerprint density at radius 1 is 1.00 bits per heavy atom. The minimum atomic E-state index is -0.908. The smallest absolute Gasteiger partial charge is 0.407 e. The summed E-state index contributed by atoms with van der Waals surface area (Å²) in [5.74, 6) is 0.338. The van der Waals surface area contributed by atoms with Gasteiger partial charge in [0.15, 0.2) is 5.82 Å². The van der Waals surface area contributed by atoms with Crippen molar-refractivity contribution in [1.82, 2.24) is 30.1 Å². The molecule has 2 aliphatic rings. The van der Waals surface area contributed by atoms with Crippen LogP contribution in [0, 0.1) is 6.92 Å². The molecule has 0 radical (unpaired) electrons. The second kappa shape index (κ2) is 11.3. The van der Waals surface area contributed by atoms with Crippen molar-refractivity contribution in [1.29, 1.82) is 0 Å². The molecule has 38 heavy (non-hydrogen) atoms. The second-order valence-electron chi connectivity index (χ2n) is 9.75. The zero-order valence-electron chi connectivity index (χ0n) is 21.2. The monoisotopic (exact) mass is 534 g/mol. The van der Waals surface area contributed by atoms with Crippen LogP contribution in [-0.4, -0.2) is 72.9 Å². The lowest BCUT2D eigenvalue weighted by Crippen LogP contribution is -2.49. The van der Waals surface area contributed by atoms with Crippen LogP contribution in [0.2, 0.25) is 0 Å². The van der Waals surface area contributed by atoms with Crippen LogP contribution < -0.4 is 5.32 Å². The van der Waals surface area contributed by atoms with E-state index in [-0.39, 0.29) is 30.3 Å². The van der Waals surface area contributed by atoms with E-state index in [0.717, 1.165) is 33.9 Å². The Morgan fingerprint density at radius 3 is 2.24 bits per heavy atom. The van der Waals surface area contributed by atoms with Crippen LogP contribution in [0.25, 0.3) is 11.4 Å². The number of nitrogens with one attached hydrogen (secondary N) is 1. The molecule has 11 heteroatoms. The van der Waals surface area contributed by atoms with E-state index in [9.17, 15) is 19.5 Å². The standard InChI is InChI=1S/C27H30N6O4S/c1-17-13-29-24(38-17)16-28-23(34)12-18-2-4-19(5-3-18)25-30-14-20(15-31-25)26(35)33(21-6-7-21)22-8-10-32(11-9-22)27(36)37/h2-5,13-15,21-22H,6-12,16H2,1H3,(H,28,34)(H,36,37). The first-order chi connectivity index (χ1) is 18.4. The van der Waals surface area contributed by atoms with Gasteiger partial charge in [0.25, 0.3) is 5.91 Å². The van der Waals surface area contributed by atoms with Crippen LogP contribution in [-0.2, 0) is 17.8 Å². The summed E-state index contributed by atoms with van der Waals surface area (Å²) in [6, 6.07) is 7.73. The third kappa shape index (κ3) is 6.16. The maximum atomic E-state index is 13.4. The van der Waals surface area contributed by atoms with Gasteiger partial charge in [-0.05, 0) is 38.2 Å². The summed E-state index contributed by atoms with van der Waals surface area (Å²) in [7, 11) is 0. The molecule has 0 unspecified atom stereocenters. The highest BCUT2D eigenvalue weighted by molar-refractivity contribution is 7.11. The Hall–Kier alpha value is -3.86. The van der Waals surface area contributed by atoms with E-state index in [0.29, 0.717) is 43.9 Å². The van der Waals surface area contributed by atoms with Gasteiger partial charge >= 0.3 is 6.09 Å². The van der Waals surface area contributed by atoms with Gasteiger partial charge in [-0.2, -0.15) is 0 Å². The number of hydrogen-bond donors (Lipinski definition) is 2. The average molecular weight is 535 g/mol. The second-order valence-corrected chi connectivity index (χ2v) is 11.1. The lowest BCUT2D eigenvalue weighted by molar-refractivity contribution is -0.120. The summed E-state index contributed by atoms with van der Waals surface area (Å²) in [6.45, 7) is 3.29. The maximum Gasteiger partial charge on any atom is 0.407 e. The topological polar surface area (TPSA) is 129 Å². The van der Waals surface area contributed by atoms with E-state index >= 15 is 0 Å². The molecule has 3 amide bonds. The number of aromatic nitrogens is 3. The van der Waals surface area contributed by atoms with Gasteiger partial charge in [0.2, 0.25) is 5.91 Å². The molecular formula is C27H30N6O4S. The molecule has 1 aliphatic carbocycles. The summed E-state index contributed by atoms with van der Waals surface area (Å²) in [6.07, 6.45) is 7.51. The number of nitrogens with zero attached hydrogens (tertiary/aromatic N) is 5. The summed E-state index contributed by atoms with van der Waals surface area (Å²) < 4.78 is 0. The van der Waals surface area contributed by atoms with Gasteiger partial charge in [0, 0.05) is 54.2 Å². The molecule has 198 valence electrons. The third-order valence-electron chi connectivity index (χ3n) is 6.88. The van der Waals surface area contributed by atoms with Gasteiger partial charge < -0.3 is 20.2 Å². The van der Waals surface area contributed by atoms with E-state index in [2.05, 4.69) is 20.3 Å². The van der Waals surface area contributed by atoms with Crippen molar-refractivity contribution in [3.8, 4) is 11.4 Å². The molecule has 1 aromatic carbocycles. The highest BCUT2D eigenvalue weighted by Crippen LogP contribution is 2.33. The number of carboxylic acid groups (broad SMARTS) is 1. The minimum absolute atomic E-state index is 0.0284. The van der Waals surface area contributed by atoms with Crippen molar-refractivity contribution in [2.24, 2.45) is 0 Å². The molecule has 3 heterocycles.